The van der Waals surface area contributed by atoms with E-state index < -0.39 is 0 Å². The first-order valence-electron chi connectivity index (χ1n) is 9.97. The fraction of sp³-hybridized carbons (Fsp3) is 0.409. The molecule has 0 bridgehead atoms. The molecular formula is C22H28N4OS. The van der Waals surface area contributed by atoms with Gasteiger partial charge in [0.25, 0.3) is 0 Å². The first-order chi connectivity index (χ1) is 13.7. The Morgan fingerprint density at radius 1 is 1.21 bits per heavy atom. The fourth-order valence-corrected chi connectivity index (χ4v) is 5.11. The van der Waals surface area contributed by atoms with Gasteiger partial charge in [-0.05, 0) is 62.5 Å². The van der Waals surface area contributed by atoms with E-state index in [0.717, 1.165) is 36.3 Å². The third-order valence-electron chi connectivity index (χ3n) is 5.61. The van der Waals surface area contributed by atoms with E-state index in [0.29, 0.717) is 6.04 Å². The SMILES string of the molecule is CCc1c(OC)cccc1Sn1cc(N2CCC(NC)CC2)c2ncccc21. The summed E-state index contributed by atoms with van der Waals surface area (Å²) in [6.45, 7) is 4.30. The molecule has 1 aliphatic rings. The molecule has 1 aliphatic heterocycles. The molecule has 28 heavy (non-hydrogen) atoms. The van der Waals surface area contributed by atoms with Crippen LogP contribution in [0.4, 0.5) is 5.69 Å². The van der Waals surface area contributed by atoms with Crippen molar-refractivity contribution in [2.45, 2.75) is 37.1 Å². The zero-order valence-electron chi connectivity index (χ0n) is 16.8. The van der Waals surface area contributed by atoms with Crippen molar-refractivity contribution in [2.24, 2.45) is 0 Å². The highest BCUT2D eigenvalue weighted by Crippen LogP contribution is 2.37. The smallest absolute Gasteiger partial charge is 0.123 e. The Kier molecular flexibility index (Phi) is 5.78. The summed E-state index contributed by atoms with van der Waals surface area (Å²) < 4.78 is 7.83. The van der Waals surface area contributed by atoms with Crippen LogP contribution in [0.1, 0.15) is 25.3 Å². The molecule has 0 saturated carbocycles. The molecule has 0 unspecified atom stereocenters. The molecule has 3 heterocycles. The average Bonchev–Trinajstić information content (AvgIpc) is 3.12. The van der Waals surface area contributed by atoms with Crippen molar-refractivity contribution in [3.8, 4) is 5.75 Å². The van der Waals surface area contributed by atoms with Crippen LogP contribution in [0.3, 0.4) is 0 Å². The van der Waals surface area contributed by atoms with Crippen molar-refractivity contribution in [2.75, 3.05) is 32.1 Å². The number of nitrogens with zero attached hydrogens (tertiary/aromatic N) is 3. The van der Waals surface area contributed by atoms with E-state index >= 15 is 0 Å². The number of ether oxygens (including phenoxy) is 1. The van der Waals surface area contributed by atoms with Crippen LogP contribution in [-0.2, 0) is 6.42 Å². The molecule has 6 heteroatoms. The van der Waals surface area contributed by atoms with Crippen molar-refractivity contribution >= 4 is 28.7 Å². The minimum atomic E-state index is 0.621. The van der Waals surface area contributed by atoms with E-state index in [1.54, 1.807) is 19.1 Å². The topological polar surface area (TPSA) is 42.3 Å². The number of hydrogen-bond donors (Lipinski definition) is 1. The van der Waals surface area contributed by atoms with Gasteiger partial charge in [0.2, 0.25) is 0 Å². The lowest BCUT2D eigenvalue weighted by molar-refractivity contribution is 0.408. The lowest BCUT2D eigenvalue weighted by atomic mass is 10.1. The summed E-state index contributed by atoms with van der Waals surface area (Å²) in [5, 5.41) is 3.41. The van der Waals surface area contributed by atoms with E-state index in [1.807, 2.05) is 18.3 Å². The summed E-state index contributed by atoms with van der Waals surface area (Å²) in [6.07, 6.45) is 7.41. The first-order valence-corrected chi connectivity index (χ1v) is 10.7. The molecule has 4 rings (SSSR count). The molecule has 3 aromatic rings. The van der Waals surface area contributed by atoms with Crippen LogP contribution in [0, 0.1) is 0 Å². The monoisotopic (exact) mass is 396 g/mol. The zero-order valence-corrected chi connectivity index (χ0v) is 17.6. The van der Waals surface area contributed by atoms with Crippen LogP contribution in [0.2, 0.25) is 0 Å². The maximum Gasteiger partial charge on any atom is 0.123 e. The molecule has 0 atom stereocenters. The Morgan fingerprint density at radius 2 is 2.04 bits per heavy atom. The Morgan fingerprint density at radius 3 is 2.75 bits per heavy atom. The summed E-state index contributed by atoms with van der Waals surface area (Å²) in [5.41, 5.74) is 4.72. The third-order valence-corrected chi connectivity index (χ3v) is 6.69. The van der Waals surface area contributed by atoms with Crippen LogP contribution in [0.25, 0.3) is 11.0 Å². The number of methoxy groups -OCH3 is 1. The fourth-order valence-electron chi connectivity index (χ4n) is 4.01. The van der Waals surface area contributed by atoms with Crippen molar-refractivity contribution in [1.29, 1.82) is 0 Å². The number of fused-ring (bicyclic) bond motifs is 1. The van der Waals surface area contributed by atoms with Crippen molar-refractivity contribution in [3.05, 3.63) is 48.3 Å². The average molecular weight is 397 g/mol. The maximum absolute atomic E-state index is 5.57. The molecular weight excluding hydrogens is 368 g/mol. The summed E-state index contributed by atoms with van der Waals surface area (Å²) in [6, 6.07) is 11.1. The third kappa shape index (κ3) is 3.59. The second-order valence-electron chi connectivity index (χ2n) is 7.14. The van der Waals surface area contributed by atoms with Crippen LogP contribution in [0.5, 0.6) is 5.75 Å². The normalized spacial score (nSPS) is 15.3. The Hall–Kier alpha value is -2.18. The first kappa shape index (κ1) is 19.2. The van der Waals surface area contributed by atoms with E-state index in [-0.39, 0.29) is 0 Å². The van der Waals surface area contributed by atoms with Gasteiger partial charge in [-0.2, -0.15) is 0 Å². The number of nitrogens with one attached hydrogen (secondary N) is 1. The molecule has 0 radical (unpaired) electrons. The van der Waals surface area contributed by atoms with E-state index in [1.165, 1.54) is 29.0 Å². The Bertz CT molecular complexity index is 947. The molecule has 0 amide bonds. The molecule has 2 aromatic heterocycles. The van der Waals surface area contributed by atoms with Crippen molar-refractivity contribution in [3.63, 3.8) is 0 Å². The van der Waals surface area contributed by atoms with Crippen LogP contribution < -0.4 is 15.0 Å². The van der Waals surface area contributed by atoms with Crippen LogP contribution in [0.15, 0.2) is 47.6 Å². The number of benzene rings is 1. The number of piperidine rings is 1. The van der Waals surface area contributed by atoms with Crippen molar-refractivity contribution in [1.82, 2.24) is 14.3 Å². The van der Waals surface area contributed by atoms with Crippen LogP contribution >= 0.6 is 11.9 Å². The van der Waals surface area contributed by atoms with E-state index in [9.17, 15) is 0 Å². The van der Waals surface area contributed by atoms with Gasteiger partial charge in [0.15, 0.2) is 0 Å². The Labute approximate surface area is 171 Å². The Balaban J connectivity index is 1.70. The highest BCUT2D eigenvalue weighted by molar-refractivity contribution is 7.98. The lowest BCUT2D eigenvalue weighted by Crippen LogP contribution is -2.41. The number of hydrogen-bond acceptors (Lipinski definition) is 5. The van der Waals surface area contributed by atoms with Gasteiger partial charge in [-0.15, -0.1) is 0 Å². The minimum Gasteiger partial charge on any atom is -0.496 e. The largest absolute Gasteiger partial charge is 0.496 e. The highest BCUT2D eigenvalue weighted by atomic mass is 32.2. The second kappa shape index (κ2) is 8.45. The van der Waals surface area contributed by atoms with Gasteiger partial charge < -0.3 is 15.0 Å². The zero-order chi connectivity index (χ0) is 19.5. The van der Waals surface area contributed by atoms with Gasteiger partial charge in [-0.3, -0.25) is 8.96 Å². The summed E-state index contributed by atoms with van der Waals surface area (Å²) in [4.78, 5) is 8.42. The number of rotatable bonds is 6. The molecule has 148 valence electrons. The van der Waals surface area contributed by atoms with Gasteiger partial charge in [0, 0.05) is 42.0 Å². The van der Waals surface area contributed by atoms with Crippen LogP contribution in [-0.4, -0.2) is 42.2 Å². The number of anilines is 1. The lowest BCUT2D eigenvalue weighted by Gasteiger charge is -2.32. The van der Waals surface area contributed by atoms with Gasteiger partial charge >= 0.3 is 0 Å². The maximum atomic E-state index is 5.57. The molecule has 1 aromatic carbocycles. The quantitative estimate of drug-likeness (QED) is 0.671. The molecule has 0 spiro atoms. The standard InChI is InChI=1S/C22H28N4OS/c1-4-17-20(27-3)8-5-9-21(17)28-26-15-19(22-18(26)7-6-12-24-22)25-13-10-16(23-2)11-14-25/h5-9,12,15-16,23H,4,10-11,13-14H2,1-3H3. The number of aromatic nitrogens is 2. The number of pyridine rings is 1. The molecule has 5 nitrogen and oxygen atoms in total. The van der Waals surface area contributed by atoms with Gasteiger partial charge in [-0.25, -0.2) is 0 Å². The summed E-state index contributed by atoms with van der Waals surface area (Å²) in [5.74, 6) is 0.955. The second-order valence-corrected chi connectivity index (χ2v) is 8.16. The molecule has 1 saturated heterocycles. The van der Waals surface area contributed by atoms with E-state index in [4.69, 9.17) is 9.72 Å². The molecule has 1 fully saturated rings. The molecule has 0 aliphatic carbocycles. The van der Waals surface area contributed by atoms with Gasteiger partial charge in [-0.1, -0.05) is 13.0 Å². The van der Waals surface area contributed by atoms with E-state index in [2.05, 4.69) is 52.6 Å². The highest BCUT2D eigenvalue weighted by Gasteiger charge is 2.22. The van der Waals surface area contributed by atoms with Gasteiger partial charge in [0.1, 0.15) is 11.3 Å². The predicted octanol–water partition coefficient (Wildman–Crippen LogP) is 4.35. The molecule has 1 N–H and O–H groups in total. The summed E-state index contributed by atoms with van der Waals surface area (Å²) >= 11 is 1.75. The summed E-state index contributed by atoms with van der Waals surface area (Å²) in [7, 11) is 3.80. The minimum absolute atomic E-state index is 0.621. The predicted molar refractivity (Wildman–Crippen MR) is 118 cm³/mol. The van der Waals surface area contributed by atoms with Gasteiger partial charge in [0.05, 0.1) is 18.3 Å². The van der Waals surface area contributed by atoms with Crippen molar-refractivity contribution < 1.29 is 4.74 Å².